The maximum atomic E-state index is 13.0. The van der Waals surface area contributed by atoms with Gasteiger partial charge in [0.15, 0.2) is 52.4 Å². The van der Waals surface area contributed by atoms with Gasteiger partial charge in [0.2, 0.25) is 24.3 Å². The van der Waals surface area contributed by atoms with E-state index in [1.54, 1.807) is 0 Å². The van der Waals surface area contributed by atoms with Crippen molar-refractivity contribution < 1.29 is 167 Å². The van der Waals surface area contributed by atoms with Gasteiger partial charge in [-0.1, -0.05) is 0 Å². The van der Waals surface area contributed by atoms with Crippen LogP contribution in [0.15, 0.2) is 190 Å². The number of esters is 14. The molecule has 1 unspecified atom stereocenters. The minimum absolute atomic E-state index is 0.00742. The highest BCUT2D eigenvalue weighted by molar-refractivity contribution is 5.95. The molecule has 0 spiro atoms. The fourth-order valence-electron chi connectivity index (χ4n) is 8.63. The van der Waals surface area contributed by atoms with Gasteiger partial charge in [-0.3, -0.25) is 0 Å². The molecule has 0 aliphatic rings. The van der Waals surface area contributed by atoms with Crippen LogP contribution in [0.5, 0.6) is 17.2 Å². The summed E-state index contributed by atoms with van der Waals surface area (Å²) in [6.07, 6.45) is 8.24. The molecule has 7 aromatic carbocycles. The predicted octanol–water partition coefficient (Wildman–Crippen LogP) is 5.58. The summed E-state index contributed by atoms with van der Waals surface area (Å²) >= 11 is 0. The van der Waals surface area contributed by atoms with E-state index < -0.39 is 181 Å². The molecule has 120 heavy (non-hydrogen) atoms. The third-order valence-electron chi connectivity index (χ3n) is 14.4. The van der Waals surface area contributed by atoms with Gasteiger partial charge in [-0.05, 0) is 170 Å². The van der Waals surface area contributed by atoms with Gasteiger partial charge in [0, 0.05) is 0 Å². The minimum Gasteiger partial charge on any atom is -0.462 e. The molecule has 612 valence electrons. The highest BCUT2D eigenvalue weighted by Crippen LogP contribution is 2.24. The topological polar surface area (TPSA) is 585 Å². The van der Waals surface area contributed by atoms with Gasteiger partial charge in [0.25, 0.3) is 18.8 Å². The Morgan fingerprint density at radius 3 is 0.633 bits per heavy atom. The van der Waals surface area contributed by atoms with E-state index in [1.165, 1.54) is 213 Å². The number of rotatable bonds is 41. The molecule has 7 aromatic rings. The van der Waals surface area contributed by atoms with Crippen molar-refractivity contribution in [2.45, 2.75) is 6.10 Å². The zero-order valence-corrected chi connectivity index (χ0v) is 61.4. The molecule has 0 fully saturated rings. The normalized spacial score (nSPS) is 10.2. The Labute approximate surface area is 673 Å². The summed E-state index contributed by atoms with van der Waals surface area (Å²) in [5.74, 6) is -14.7. The molecule has 0 amide bonds. The van der Waals surface area contributed by atoms with Gasteiger partial charge in [-0.15, -0.1) is 15.8 Å². The average Bonchev–Trinajstić information content (AvgIpc) is 0.843. The summed E-state index contributed by atoms with van der Waals surface area (Å²) in [7, 11) is 0. The van der Waals surface area contributed by atoms with Gasteiger partial charge in [0.05, 0.1) is 61.7 Å². The zero-order valence-electron chi connectivity index (χ0n) is 61.4. The lowest BCUT2D eigenvalue weighted by Crippen LogP contribution is -2.45. The van der Waals surface area contributed by atoms with Crippen LogP contribution in [0.25, 0.3) is 0 Å². The number of hydrogen-bond donors (Lipinski definition) is 0. The first-order chi connectivity index (χ1) is 57.9. The highest BCUT2D eigenvalue weighted by atomic mass is 16.7. The van der Waals surface area contributed by atoms with E-state index in [1.807, 2.05) is 0 Å². The van der Waals surface area contributed by atoms with Crippen molar-refractivity contribution in [2.24, 2.45) is 25.4 Å². The molecule has 0 aliphatic carbocycles. The summed E-state index contributed by atoms with van der Waals surface area (Å²) in [5.41, 5.74) is -1.47. The maximum absolute atomic E-state index is 13.0. The predicted molar refractivity (Wildman–Crippen MR) is 385 cm³/mol. The number of nitrogens with zero attached hydrogens (tertiary/aromatic N) is 7. The molecule has 42 heteroatoms. The van der Waals surface area contributed by atoms with Gasteiger partial charge >= 0.3 is 83.6 Å². The lowest BCUT2D eigenvalue weighted by atomic mass is 9.92. The first kappa shape index (κ1) is 91.4. The number of isocyanates is 4. The Morgan fingerprint density at radius 2 is 0.442 bits per heavy atom. The lowest BCUT2D eigenvalue weighted by molar-refractivity contribution is -0.174. The van der Waals surface area contributed by atoms with Crippen molar-refractivity contribution in [3.05, 3.63) is 209 Å². The van der Waals surface area contributed by atoms with E-state index in [4.69, 9.17) is 82.1 Å². The third-order valence-corrected chi connectivity index (χ3v) is 14.4. The second kappa shape index (κ2) is 49.1. The van der Waals surface area contributed by atoms with Crippen LogP contribution in [0, 0.1) is 40.0 Å². The molecule has 0 aliphatic heterocycles. The van der Waals surface area contributed by atoms with E-state index in [9.17, 15) is 86.3 Å². The number of hydrogen-bond acceptors (Lipinski definition) is 42. The molecule has 0 radical (unpaired) electrons. The molecule has 0 aromatic heterocycles. The SMILES string of the molecule is N#COc1ccc(C(=O)OCC(=O)OCC(COC(=O)COC(=O)c2ccc(N=C=O)cc2)(COC(=O)COC(=O)c2ccc(N=C=O)cc2)COC(=O)COC(=O)c2ccc(OC#N)cc2)cc1.N#COc1ccc(C(=O)OCC(=O)OCC(COC(=O)COC(=O)c2ccc(N=C=O)cc2)OC(=O)COC(=O)c2ccc(N=C=O)cc2)cc1. The van der Waals surface area contributed by atoms with Crippen LogP contribution >= 0.6 is 0 Å². The molecule has 0 saturated carbocycles. The van der Waals surface area contributed by atoms with Gasteiger partial charge in [0.1, 0.15) is 62.3 Å². The second-order valence-corrected chi connectivity index (χ2v) is 22.8. The summed E-state index contributed by atoms with van der Waals surface area (Å²) in [6, 6.07) is 35.8. The first-order valence-electron chi connectivity index (χ1n) is 33.4. The molecule has 0 N–H and O–H groups in total. The second-order valence-electron chi connectivity index (χ2n) is 22.8. The van der Waals surface area contributed by atoms with Crippen molar-refractivity contribution in [3.8, 4) is 36.0 Å². The van der Waals surface area contributed by atoms with E-state index in [0.29, 0.717) is 0 Å². The number of ether oxygens (including phenoxy) is 17. The van der Waals surface area contributed by atoms with Gasteiger partial charge in [-0.2, -0.15) is 20.0 Å². The van der Waals surface area contributed by atoms with Crippen LogP contribution in [0.2, 0.25) is 0 Å². The van der Waals surface area contributed by atoms with E-state index in [-0.39, 0.29) is 78.9 Å². The van der Waals surface area contributed by atoms with Gasteiger partial charge in [-0.25, -0.2) is 86.3 Å². The summed E-state index contributed by atoms with van der Waals surface area (Å²) in [6.45, 7) is -12.0. The molecule has 1 atom stereocenters. The Balaban J connectivity index is 0.000000389. The molecule has 0 heterocycles. The monoisotopic (exact) mass is 1650 g/mol. The average molecular weight is 1650 g/mol. The first-order valence-corrected chi connectivity index (χ1v) is 33.4. The summed E-state index contributed by atoms with van der Waals surface area (Å²) in [5, 5.41) is 25.9. The van der Waals surface area contributed by atoms with Crippen molar-refractivity contribution in [3.63, 3.8) is 0 Å². The number of nitriles is 3. The minimum atomic E-state index is -2.07. The van der Waals surface area contributed by atoms with E-state index in [0.717, 1.165) is 0 Å². The Bertz CT molecular complexity index is 5020. The van der Waals surface area contributed by atoms with Crippen LogP contribution in [0.4, 0.5) is 22.7 Å². The number of benzene rings is 7. The van der Waals surface area contributed by atoms with Crippen LogP contribution in [0.3, 0.4) is 0 Å². The molecule has 7 rings (SSSR count). The number of aliphatic imine (C=N–C) groups is 4. The zero-order chi connectivity index (χ0) is 87.0. The van der Waals surface area contributed by atoms with Crippen molar-refractivity contribution in [2.75, 3.05) is 85.9 Å². The Hall–Kier alpha value is -17.5. The largest absolute Gasteiger partial charge is 0.462 e. The summed E-state index contributed by atoms with van der Waals surface area (Å²) in [4.78, 5) is 231. The smallest absolute Gasteiger partial charge is 0.344 e. The molecular weight excluding hydrogens is 1590 g/mol. The fourth-order valence-corrected chi connectivity index (χ4v) is 8.63. The van der Waals surface area contributed by atoms with Crippen LogP contribution < -0.4 is 14.2 Å². The number of carbonyl (C=O) groups excluding carboxylic acids is 18. The molecule has 42 nitrogen and oxygen atoms in total. The van der Waals surface area contributed by atoms with Crippen LogP contribution in [-0.2, 0) is 119 Å². The Morgan fingerprint density at radius 1 is 0.258 bits per heavy atom. The molecular formula is C78H55N7O35. The Kier molecular flexibility index (Phi) is 37.4. The fraction of sp³-hybridized carbons (Fsp3) is 0.192. The molecule has 0 bridgehead atoms. The van der Waals surface area contributed by atoms with Crippen LogP contribution in [-0.4, -0.2) is 200 Å². The van der Waals surface area contributed by atoms with Crippen molar-refractivity contribution in [1.82, 2.24) is 0 Å². The third kappa shape index (κ3) is 32.7. The van der Waals surface area contributed by atoms with Crippen molar-refractivity contribution in [1.29, 1.82) is 15.8 Å². The van der Waals surface area contributed by atoms with Crippen molar-refractivity contribution >= 4 is 131 Å². The highest BCUT2D eigenvalue weighted by Gasteiger charge is 2.39. The molecule has 0 saturated heterocycles. The van der Waals surface area contributed by atoms with E-state index in [2.05, 4.69) is 34.2 Å². The summed E-state index contributed by atoms with van der Waals surface area (Å²) < 4.78 is 84.8. The van der Waals surface area contributed by atoms with Crippen LogP contribution in [0.1, 0.15) is 72.5 Å². The lowest BCUT2D eigenvalue weighted by Gasteiger charge is -2.31. The van der Waals surface area contributed by atoms with E-state index >= 15 is 0 Å². The quantitative estimate of drug-likeness (QED) is 0.0148. The standard InChI is InChI=1S/C45H32N4O20.C33H23N3O15/c46-25-68-35-13-5-31(6-14-35)43(58)62-19-39(54)66-23-45(21-64-37(52)17-60-41(56)29-1-9-33(10-2-29)48-27-50,22-65-38(53)18-61-42(57)30-3-11-34(12-4-30)49-28-51)24-67-40(55)20-63-44(59)32-7-15-36(16-8-32)69-26-47;34-18-50-26-11-5-23(6-12-26)33(44)48-16-29(40)46-14-27(51-30(41)17-49-32(43)22-3-9-25(10-4-22)36-20-38)13-45-28(39)15-47-31(42)21-1-7-24(8-2-21)35-19-37/h1-16H,17-24H2;1-12,27H,13-17H2. The number of carbonyl (C=O) groups is 14. The maximum Gasteiger partial charge on any atom is 0.344 e. The van der Waals surface area contributed by atoms with Gasteiger partial charge < -0.3 is 80.5 Å².